The van der Waals surface area contributed by atoms with Gasteiger partial charge in [-0.15, -0.1) is 0 Å². The molecule has 2 N–H and O–H groups in total. The van der Waals surface area contributed by atoms with E-state index in [1.807, 2.05) is 6.92 Å². The summed E-state index contributed by atoms with van der Waals surface area (Å²) in [5.41, 5.74) is 0.547. The minimum absolute atomic E-state index is 0.0651. The molecule has 7 heteroatoms. The van der Waals surface area contributed by atoms with Gasteiger partial charge in [0, 0.05) is 33.0 Å². The average molecular weight is 315 g/mol. The summed E-state index contributed by atoms with van der Waals surface area (Å²) < 4.78 is 32.1. The number of pyridine rings is 1. The lowest BCUT2D eigenvalue weighted by Crippen LogP contribution is -2.26. The smallest absolute Gasteiger partial charge is 0.260 e. The van der Waals surface area contributed by atoms with Gasteiger partial charge in [-0.1, -0.05) is 6.92 Å². The summed E-state index contributed by atoms with van der Waals surface area (Å²) in [6.45, 7) is 3.86. The molecule has 1 aromatic rings. The van der Waals surface area contributed by atoms with Crippen molar-refractivity contribution in [3.8, 4) is 0 Å². The summed E-state index contributed by atoms with van der Waals surface area (Å²) in [4.78, 5) is 4.00. The summed E-state index contributed by atoms with van der Waals surface area (Å²) in [6, 6.07) is 3.46. The molecule has 0 spiro atoms. The van der Waals surface area contributed by atoms with Crippen LogP contribution in [-0.4, -0.2) is 40.2 Å². The first-order valence-corrected chi connectivity index (χ1v) is 8.77. The zero-order valence-corrected chi connectivity index (χ0v) is 13.6. The Morgan fingerprint density at radius 1 is 1.24 bits per heavy atom. The molecule has 0 fully saturated rings. The molecule has 21 heavy (non-hydrogen) atoms. The second-order valence-electron chi connectivity index (χ2n) is 4.73. The Hall–Kier alpha value is -1.18. The Balaban J connectivity index is 2.57. The van der Waals surface area contributed by atoms with Crippen LogP contribution in [0.1, 0.15) is 32.6 Å². The van der Waals surface area contributed by atoms with E-state index in [1.54, 1.807) is 19.2 Å². The number of nitrogens with zero attached hydrogens (tertiary/aromatic N) is 1. The highest BCUT2D eigenvalue weighted by Crippen LogP contribution is 2.17. The number of hydrogen-bond donors (Lipinski definition) is 2. The van der Waals surface area contributed by atoms with Crippen molar-refractivity contribution in [3.63, 3.8) is 0 Å². The molecular formula is C14H25N3O3S. The lowest BCUT2D eigenvalue weighted by molar-refractivity contribution is 0.192. The number of anilines is 1. The van der Waals surface area contributed by atoms with Crippen LogP contribution in [0.25, 0.3) is 0 Å². The number of ether oxygens (including phenoxy) is 1. The molecule has 120 valence electrons. The van der Waals surface area contributed by atoms with E-state index in [4.69, 9.17) is 4.74 Å². The maximum absolute atomic E-state index is 12.3. The summed E-state index contributed by atoms with van der Waals surface area (Å²) in [6.07, 6.45) is 5.06. The van der Waals surface area contributed by atoms with Crippen LogP contribution in [0.3, 0.4) is 0 Å². The normalized spacial score (nSPS) is 11.5. The summed E-state index contributed by atoms with van der Waals surface area (Å²) in [5, 5.41) is 3.15. The molecule has 0 unspecified atom stereocenters. The lowest BCUT2D eigenvalue weighted by Gasteiger charge is -2.11. The van der Waals surface area contributed by atoms with Gasteiger partial charge in [-0.25, -0.2) is 18.1 Å². The van der Waals surface area contributed by atoms with Crippen LogP contribution in [0, 0.1) is 0 Å². The minimum atomic E-state index is -3.57. The topological polar surface area (TPSA) is 80.3 Å². The van der Waals surface area contributed by atoms with E-state index >= 15 is 0 Å². The van der Waals surface area contributed by atoms with Gasteiger partial charge < -0.3 is 10.1 Å². The Morgan fingerprint density at radius 2 is 2.05 bits per heavy atom. The van der Waals surface area contributed by atoms with Gasteiger partial charge >= 0.3 is 0 Å². The van der Waals surface area contributed by atoms with Gasteiger partial charge in [-0.2, -0.15) is 0 Å². The molecule has 0 bridgehead atoms. The maximum atomic E-state index is 12.3. The fourth-order valence-corrected chi connectivity index (χ4v) is 3.00. The number of hydrogen-bond acceptors (Lipinski definition) is 5. The van der Waals surface area contributed by atoms with Gasteiger partial charge in [0.2, 0.25) is 0 Å². The van der Waals surface area contributed by atoms with Gasteiger partial charge in [0.05, 0.1) is 5.69 Å². The van der Waals surface area contributed by atoms with Gasteiger partial charge in [0.25, 0.3) is 10.0 Å². The zero-order chi connectivity index (χ0) is 15.6. The first kappa shape index (κ1) is 17.9. The number of methoxy groups -OCH3 is 1. The standard InChI is InChI=1S/C14H25N3O3S/c1-3-9-15-13-8-7-10-16-14(13)21(18,19)17-11-5-4-6-12-20-2/h7-8,10,15,17H,3-6,9,11-12H2,1-2H3. The Kier molecular flexibility index (Phi) is 8.26. The highest BCUT2D eigenvalue weighted by molar-refractivity contribution is 7.89. The molecule has 1 heterocycles. The number of unbranched alkanes of at least 4 members (excludes halogenated alkanes) is 2. The van der Waals surface area contributed by atoms with Crippen molar-refractivity contribution in [2.24, 2.45) is 0 Å². The fourth-order valence-electron chi connectivity index (χ4n) is 1.82. The molecule has 0 amide bonds. The Labute approximate surface area is 127 Å². The molecule has 0 atom stereocenters. The van der Waals surface area contributed by atoms with Gasteiger partial charge in [-0.3, -0.25) is 0 Å². The molecule has 0 aliphatic carbocycles. The first-order valence-electron chi connectivity index (χ1n) is 7.29. The predicted octanol–water partition coefficient (Wildman–Crippen LogP) is 2.00. The van der Waals surface area contributed by atoms with Crippen molar-refractivity contribution in [2.75, 3.05) is 32.1 Å². The number of sulfonamides is 1. The lowest BCUT2D eigenvalue weighted by atomic mass is 10.2. The molecule has 1 rings (SSSR count). The van der Waals surface area contributed by atoms with Crippen LogP contribution in [0.5, 0.6) is 0 Å². The average Bonchev–Trinajstić information content (AvgIpc) is 2.49. The van der Waals surface area contributed by atoms with E-state index in [-0.39, 0.29) is 5.03 Å². The van der Waals surface area contributed by atoms with E-state index < -0.39 is 10.0 Å². The molecular weight excluding hydrogens is 290 g/mol. The van der Waals surface area contributed by atoms with Crippen LogP contribution >= 0.6 is 0 Å². The Bertz CT molecular complexity index is 506. The molecule has 0 saturated heterocycles. The van der Waals surface area contributed by atoms with Crippen molar-refractivity contribution < 1.29 is 13.2 Å². The van der Waals surface area contributed by atoms with E-state index in [0.717, 1.165) is 25.7 Å². The minimum Gasteiger partial charge on any atom is -0.385 e. The molecule has 6 nitrogen and oxygen atoms in total. The largest absolute Gasteiger partial charge is 0.385 e. The summed E-state index contributed by atoms with van der Waals surface area (Å²) in [7, 11) is -1.91. The van der Waals surface area contributed by atoms with Crippen LogP contribution in [0.15, 0.2) is 23.4 Å². The SMILES string of the molecule is CCCNc1cccnc1S(=O)(=O)NCCCCCOC. The molecule has 0 aliphatic rings. The maximum Gasteiger partial charge on any atom is 0.260 e. The highest BCUT2D eigenvalue weighted by atomic mass is 32.2. The third-order valence-corrected chi connectivity index (χ3v) is 4.33. The highest BCUT2D eigenvalue weighted by Gasteiger charge is 2.19. The number of nitrogens with one attached hydrogen (secondary N) is 2. The summed E-state index contributed by atoms with van der Waals surface area (Å²) >= 11 is 0. The zero-order valence-electron chi connectivity index (χ0n) is 12.8. The number of aromatic nitrogens is 1. The van der Waals surface area contributed by atoms with E-state index in [1.165, 1.54) is 6.20 Å². The van der Waals surface area contributed by atoms with Crippen LogP contribution in [-0.2, 0) is 14.8 Å². The van der Waals surface area contributed by atoms with Gasteiger partial charge in [-0.05, 0) is 37.8 Å². The monoisotopic (exact) mass is 315 g/mol. The van der Waals surface area contributed by atoms with Crippen LogP contribution in [0.4, 0.5) is 5.69 Å². The van der Waals surface area contributed by atoms with Gasteiger partial charge in [0.1, 0.15) is 0 Å². The van der Waals surface area contributed by atoms with Gasteiger partial charge in [0.15, 0.2) is 5.03 Å². The molecule has 0 saturated carbocycles. The van der Waals surface area contributed by atoms with Crippen molar-refractivity contribution in [1.82, 2.24) is 9.71 Å². The van der Waals surface area contributed by atoms with E-state index in [9.17, 15) is 8.42 Å². The van der Waals surface area contributed by atoms with Crippen molar-refractivity contribution in [1.29, 1.82) is 0 Å². The van der Waals surface area contributed by atoms with E-state index in [2.05, 4.69) is 15.0 Å². The van der Waals surface area contributed by atoms with Crippen molar-refractivity contribution in [2.45, 2.75) is 37.6 Å². The quantitative estimate of drug-likeness (QED) is 0.611. The molecule has 0 radical (unpaired) electrons. The van der Waals surface area contributed by atoms with Crippen LogP contribution < -0.4 is 10.0 Å². The van der Waals surface area contributed by atoms with Crippen molar-refractivity contribution in [3.05, 3.63) is 18.3 Å². The Morgan fingerprint density at radius 3 is 2.76 bits per heavy atom. The predicted molar refractivity (Wildman–Crippen MR) is 83.9 cm³/mol. The first-order chi connectivity index (χ1) is 10.1. The second kappa shape index (κ2) is 9.70. The molecule has 1 aromatic heterocycles. The fraction of sp³-hybridized carbons (Fsp3) is 0.643. The number of rotatable bonds is 11. The van der Waals surface area contributed by atoms with Crippen molar-refractivity contribution >= 4 is 15.7 Å². The van der Waals surface area contributed by atoms with E-state index in [0.29, 0.717) is 25.4 Å². The van der Waals surface area contributed by atoms with Crippen LogP contribution in [0.2, 0.25) is 0 Å². The molecule has 0 aromatic carbocycles. The summed E-state index contributed by atoms with van der Waals surface area (Å²) in [5.74, 6) is 0. The third-order valence-electron chi connectivity index (χ3n) is 2.91. The molecule has 0 aliphatic heterocycles. The second-order valence-corrected chi connectivity index (χ2v) is 6.42. The third kappa shape index (κ3) is 6.41.